The van der Waals surface area contributed by atoms with Crippen molar-refractivity contribution in [1.29, 1.82) is 0 Å². The summed E-state index contributed by atoms with van der Waals surface area (Å²) in [5.74, 6) is 0.593. The molecule has 1 spiro atoms. The molecular weight excluding hydrogens is 843 g/mol. The van der Waals surface area contributed by atoms with E-state index in [1.54, 1.807) is 36.4 Å². The van der Waals surface area contributed by atoms with Gasteiger partial charge < -0.3 is 24.2 Å². The molecule has 10 nitrogen and oxygen atoms in total. The van der Waals surface area contributed by atoms with Gasteiger partial charge in [-0.3, -0.25) is 4.52 Å². The van der Waals surface area contributed by atoms with Crippen molar-refractivity contribution in [3.8, 4) is 28.3 Å². The van der Waals surface area contributed by atoms with Crippen LogP contribution in [-0.2, 0) is 45.2 Å². The molecule has 0 saturated heterocycles. The Balaban J connectivity index is 0.891. The third-order valence-electron chi connectivity index (χ3n) is 11.7. The lowest BCUT2D eigenvalue weighted by Gasteiger charge is -2.37. The first kappa shape index (κ1) is 42.7. The molecule has 0 amide bonds. The number of hydrogen-bond donors (Lipinski definition) is 2. The van der Waals surface area contributed by atoms with Crippen LogP contribution in [0.4, 0.5) is 18.9 Å². The van der Waals surface area contributed by atoms with Gasteiger partial charge in [0.25, 0.3) is 0 Å². The fourth-order valence-corrected chi connectivity index (χ4v) is 8.85. The Kier molecular flexibility index (Phi) is 11.4. The quantitative estimate of drug-likeness (QED) is 0.0669. The molecule has 4 heterocycles. The zero-order valence-electron chi connectivity index (χ0n) is 34.6. The number of hydrogen-bond acceptors (Lipinski definition) is 6. The van der Waals surface area contributed by atoms with Gasteiger partial charge in [-0.25, -0.2) is 13.9 Å². The molecule has 64 heavy (non-hydrogen) atoms. The van der Waals surface area contributed by atoms with Crippen LogP contribution in [0.15, 0.2) is 158 Å². The number of anilines is 1. The van der Waals surface area contributed by atoms with Crippen molar-refractivity contribution in [2.45, 2.75) is 44.7 Å². The Morgan fingerprint density at radius 2 is 1.44 bits per heavy atom. The largest absolute Gasteiger partial charge is 0.469 e. The molecule has 0 aliphatic carbocycles. The van der Waals surface area contributed by atoms with E-state index in [0.29, 0.717) is 44.9 Å². The molecule has 1 unspecified atom stereocenters. The summed E-state index contributed by atoms with van der Waals surface area (Å²) in [4.78, 5) is 33.7. The number of esters is 1. The predicted octanol–water partition coefficient (Wildman–Crippen LogP) is 9.62. The van der Waals surface area contributed by atoms with Crippen molar-refractivity contribution >= 4 is 19.5 Å². The Hall–Kier alpha value is -6.63. The van der Waals surface area contributed by atoms with E-state index >= 15 is 0 Å². The number of aromatic nitrogens is 2. The highest BCUT2D eigenvalue weighted by atomic mass is 31.2. The smallest absolute Gasteiger partial charge is 0.456 e. The van der Waals surface area contributed by atoms with Gasteiger partial charge in [-0.05, 0) is 77.6 Å². The highest BCUT2D eigenvalue weighted by Crippen LogP contribution is 2.57. The van der Waals surface area contributed by atoms with E-state index in [-0.39, 0.29) is 13.0 Å². The molecule has 0 saturated carbocycles. The lowest BCUT2D eigenvalue weighted by atomic mass is 9.77. The standard InChI is InChI=1S/C50H41F3N3O7P/c1-2-55(24-6-23-54-25-19-37(20-26-54)38-21-27-56(28-22-38)40-14-11-34(12-15-40)33-61-64(58,59)60)41-16-17-44-47(32-41)62-46-18-13-36(29-35-7-5-8-39(30-35)50(51,52)53)31-45(46)49(44)43-10-4-3-9-42(43)48(57)63-49/h3-5,7-22,25-28,30-32H,2,6,23-24,29,33H2,1H3/p+2. The lowest BCUT2D eigenvalue weighted by Crippen LogP contribution is -2.35. The van der Waals surface area contributed by atoms with E-state index in [1.165, 1.54) is 6.07 Å². The molecule has 1 atom stereocenters. The Morgan fingerprint density at radius 3 is 2.16 bits per heavy atom. The predicted molar refractivity (Wildman–Crippen MR) is 232 cm³/mol. The second-order valence-corrected chi connectivity index (χ2v) is 17.0. The molecule has 2 aliphatic rings. The molecule has 2 aromatic heterocycles. The molecule has 0 fully saturated rings. The molecule has 324 valence electrons. The van der Waals surface area contributed by atoms with E-state index < -0.39 is 31.1 Å². The molecule has 2 aliphatic heterocycles. The summed E-state index contributed by atoms with van der Waals surface area (Å²) in [5.41, 5.74) is 6.25. The van der Waals surface area contributed by atoms with Crippen molar-refractivity contribution < 1.29 is 55.4 Å². The summed E-state index contributed by atoms with van der Waals surface area (Å²) in [7, 11) is -4.54. The van der Waals surface area contributed by atoms with Crippen molar-refractivity contribution in [2.24, 2.45) is 0 Å². The molecule has 7 aromatic rings. The highest BCUT2D eigenvalue weighted by Gasteiger charge is 2.53. The Bertz CT molecular complexity index is 2900. The van der Waals surface area contributed by atoms with Gasteiger partial charge >= 0.3 is 20.0 Å². The number of pyridine rings is 2. The van der Waals surface area contributed by atoms with Crippen molar-refractivity contribution in [3.63, 3.8) is 0 Å². The SMILES string of the molecule is CCN(CCC[n+]1ccc(-c2cc[n+](-c3ccc(COP(=O)(O)O)cc3)cc2)cc1)c1ccc2c(c1)Oc1ccc(Cc3cccc(C(F)(F)F)c3)cc1C21OC(=O)c2ccccc21. The van der Waals surface area contributed by atoms with Crippen molar-refractivity contribution in [2.75, 3.05) is 18.0 Å². The van der Waals surface area contributed by atoms with Crippen LogP contribution in [0, 0.1) is 0 Å². The van der Waals surface area contributed by atoms with E-state index in [2.05, 4.69) is 45.4 Å². The van der Waals surface area contributed by atoms with Gasteiger partial charge in [-0.1, -0.05) is 54.6 Å². The monoisotopic (exact) mass is 885 g/mol. The number of halogens is 3. The van der Waals surface area contributed by atoms with Gasteiger partial charge in [-0.15, -0.1) is 0 Å². The molecule has 0 bridgehead atoms. The van der Waals surface area contributed by atoms with Gasteiger partial charge in [0.2, 0.25) is 5.69 Å². The topological polar surface area (TPSA) is 113 Å². The maximum absolute atomic E-state index is 13.5. The van der Waals surface area contributed by atoms with Crippen LogP contribution < -0.4 is 18.8 Å². The summed E-state index contributed by atoms with van der Waals surface area (Å²) >= 11 is 0. The van der Waals surface area contributed by atoms with Gasteiger partial charge in [0.1, 0.15) is 18.0 Å². The summed E-state index contributed by atoms with van der Waals surface area (Å²) in [6, 6.07) is 39.6. The number of ether oxygens (including phenoxy) is 2. The van der Waals surface area contributed by atoms with Crippen LogP contribution in [0.5, 0.6) is 11.5 Å². The van der Waals surface area contributed by atoms with Gasteiger partial charge in [0.15, 0.2) is 30.4 Å². The van der Waals surface area contributed by atoms with Gasteiger partial charge in [0.05, 0.1) is 17.7 Å². The fourth-order valence-electron chi connectivity index (χ4n) is 8.54. The summed E-state index contributed by atoms with van der Waals surface area (Å²) in [6.07, 6.45) is 4.70. The van der Waals surface area contributed by atoms with Crippen LogP contribution in [0.3, 0.4) is 0 Å². The van der Waals surface area contributed by atoms with Crippen LogP contribution >= 0.6 is 7.82 Å². The molecule has 14 heteroatoms. The number of rotatable bonds is 13. The third-order valence-corrected chi connectivity index (χ3v) is 12.2. The van der Waals surface area contributed by atoms with Crippen molar-refractivity contribution in [3.05, 3.63) is 203 Å². The molecule has 2 N–H and O–H groups in total. The van der Waals surface area contributed by atoms with E-state index in [1.807, 2.05) is 83.7 Å². The summed E-state index contributed by atoms with van der Waals surface area (Å²) in [6.45, 7) is 4.21. The first-order chi connectivity index (χ1) is 30.8. The van der Waals surface area contributed by atoms with Gasteiger partial charge in [0, 0.05) is 84.4 Å². The lowest BCUT2D eigenvalue weighted by molar-refractivity contribution is -0.697. The minimum atomic E-state index is -4.54. The first-order valence-corrected chi connectivity index (χ1v) is 22.3. The number of nitrogens with zero attached hydrogens (tertiary/aromatic N) is 3. The number of alkyl halides is 3. The van der Waals surface area contributed by atoms with Crippen molar-refractivity contribution in [1.82, 2.24) is 0 Å². The molecule has 5 aromatic carbocycles. The number of phosphoric acid groups is 1. The maximum Gasteiger partial charge on any atom is 0.469 e. The maximum atomic E-state index is 13.5. The number of carbonyl (C=O) groups is 1. The Morgan fingerprint density at radius 1 is 0.734 bits per heavy atom. The number of aryl methyl sites for hydroxylation is 1. The van der Waals surface area contributed by atoms with E-state index in [9.17, 15) is 22.5 Å². The average molecular weight is 886 g/mol. The first-order valence-electron chi connectivity index (χ1n) is 20.8. The van der Waals surface area contributed by atoms with E-state index in [4.69, 9.17) is 19.3 Å². The third kappa shape index (κ3) is 8.67. The van der Waals surface area contributed by atoms with Gasteiger partial charge in [-0.2, -0.15) is 17.7 Å². The van der Waals surface area contributed by atoms with Crippen LogP contribution in [0.25, 0.3) is 16.8 Å². The minimum absolute atomic E-state index is 0.178. The zero-order chi connectivity index (χ0) is 44.6. The summed E-state index contributed by atoms with van der Waals surface area (Å²) < 4.78 is 73.3. The van der Waals surface area contributed by atoms with Crippen LogP contribution in [0.1, 0.15) is 62.6 Å². The van der Waals surface area contributed by atoms with E-state index in [0.717, 1.165) is 66.3 Å². The number of benzene rings is 5. The zero-order valence-corrected chi connectivity index (χ0v) is 35.5. The number of carbonyl (C=O) groups excluding carboxylic acids is 1. The summed E-state index contributed by atoms with van der Waals surface area (Å²) in [5, 5.41) is 0. The number of phosphoric ester groups is 1. The normalized spacial score (nSPS) is 15.2. The second kappa shape index (κ2) is 17.2. The number of fused-ring (bicyclic) bond motifs is 6. The fraction of sp³-hybridized carbons (Fsp3) is 0.180. The molecular formula is C50H43F3N3O7P+2. The Labute approximate surface area is 367 Å². The highest BCUT2D eigenvalue weighted by molar-refractivity contribution is 7.46. The second-order valence-electron chi connectivity index (χ2n) is 15.8. The molecule has 9 rings (SSSR count). The minimum Gasteiger partial charge on any atom is -0.456 e. The van der Waals surface area contributed by atoms with Crippen LogP contribution in [-0.4, -0.2) is 28.8 Å². The van der Waals surface area contributed by atoms with Crippen LogP contribution in [0.2, 0.25) is 0 Å². The average Bonchev–Trinajstić information content (AvgIpc) is 3.59. The molecule has 0 radical (unpaired) electrons.